The normalized spacial score (nSPS) is 10.5. The van der Waals surface area contributed by atoms with Crippen molar-refractivity contribution in [3.63, 3.8) is 0 Å². The molecule has 0 aromatic heterocycles. The Balaban J connectivity index is 3.47. The van der Waals surface area contributed by atoms with Gasteiger partial charge in [0.15, 0.2) is 5.78 Å². The van der Waals surface area contributed by atoms with E-state index in [0.29, 0.717) is 3.57 Å². The average Bonchev–Trinajstić information content (AvgIpc) is 2.15. The quantitative estimate of drug-likeness (QED) is 0.628. The van der Waals surface area contributed by atoms with Crippen molar-refractivity contribution >= 4 is 28.4 Å². The van der Waals surface area contributed by atoms with Gasteiger partial charge in [-0.25, -0.2) is 8.78 Å². The van der Waals surface area contributed by atoms with Gasteiger partial charge >= 0.3 is 0 Å². The van der Waals surface area contributed by atoms with Crippen molar-refractivity contribution in [2.24, 2.45) is 0 Å². The maximum Gasteiger partial charge on any atom is 0.268 e. The molecule has 82 valence electrons. The first kappa shape index (κ1) is 12.4. The number of carbonyl (C=O) groups excluding carboxylic acids is 1. The first-order chi connectivity index (χ1) is 6.97. The highest BCUT2D eigenvalue weighted by molar-refractivity contribution is 14.1. The topological polar surface area (TPSA) is 26.3 Å². The van der Waals surface area contributed by atoms with Gasteiger partial charge < -0.3 is 4.74 Å². The standard InChI is InChI=1S/C10H9F2IO2/c1-5(14)7-3-6(13)4-8(15-2)9(7)10(11)12/h3-4,10H,1-2H3. The Bertz CT molecular complexity index is 391. The molecular formula is C10H9F2IO2. The van der Waals surface area contributed by atoms with Gasteiger partial charge in [-0.05, 0) is 41.6 Å². The number of halogens is 3. The summed E-state index contributed by atoms with van der Waals surface area (Å²) in [6, 6.07) is 2.92. The van der Waals surface area contributed by atoms with Crippen molar-refractivity contribution in [2.75, 3.05) is 7.11 Å². The van der Waals surface area contributed by atoms with Crippen molar-refractivity contribution in [3.8, 4) is 5.75 Å². The minimum atomic E-state index is -2.71. The number of benzene rings is 1. The van der Waals surface area contributed by atoms with Gasteiger partial charge in [-0.2, -0.15) is 0 Å². The molecule has 0 fully saturated rings. The summed E-state index contributed by atoms with van der Waals surface area (Å²) in [6.07, 6.45) is -2.71. The second-order valence-corrected chi connectivity index (χ2v) is 4.17. The van der Waals surface area contributed by atoms with Crippen LogP contribution in [-0.2, 0) is 0 Å². The molecule has 0 aliphatic heterocycles. The Kier molecular flexibility index (Phi) is 4.01. The predicted octanol–water partition coefficient (Wildman–Crippen LogP) is 3.44. The first-order valence-electron chi connectivity index (χ1n) is 4.14. The molecule has 0 spiro atoms. The van der Waals surface area contributed by atoms with Gasteiger partial charge in [-0.1, -0.05) is 0 Å². The van der Waals surface area contributed by atoms with Gasteiger partial charge in [0.05, 0.1) is 12.7 Å². The van der Waals surface area contributed by atoms with E-state index in [4.69, 9.17) is 4.74 Å². The summed E-state index contributed by atoms with van der Waals surface area (Å²) >= 11 is 1.95. The van der Waals surface area contributed by atoms with Crippen molar-refractivity contribution in [1.82, 2.24) is 0 Å². The Labute approximate surface area is 99.8 Å². The van der Waals surface area contributed by atoms with Crippen LogP contribution in [0.1, 0.15) is 29.3 Å². The Hall–Kier alpha value is -0.720. The lowest BCUT2D eigenvalue weighted by Gasteiger charge is -2.12. The summed E-state index contributed by atoms with van der Waals surface area (Å²) in [4.78, 5) is 11.2. The number of methoxy groups -OCH3 is 1. The second-order valence-electron chi connectivity index (χ2n) is 2.93. The maximum absolute atomic E-state index is 12.7. The minimum absolute atomic E-state index is 0.0220. The Morgan fingerprint density at radius 3 is 2.47 bits per heavy atom. The minimum Gasteiger partial charge on any atom is -0.496 e. The molecule has 1 rings (SSSR count). The van der Waals surface area contributed by atoms with Crippen molar-refractivity contribution in [2.45, 2.75) is 13.3 Å². The summed E-state index contributed by atoms with van der Waals surface area (Å²) in [5, 5.41) is 0. The van der Waals surface area contributed by atoms with E-state index in [0.717, 1.165) is 0 Å². The third kappa shape index (κ3) is 2.64. The highest BCUT2D eigenvalue weighted by Crippen LogP contribution is 2.34. The maximum atomic E-state index is 12.7. The zero-order chi connectivity index (χ0) is 11.6. The van der Waals surface area contributed by atoms with Crippen molar-refractivity contribution in [3.05, 3.63) is 26.8 Å². The van der Waals surface area contributed by atoms with Gasteiger partial charge in [0.2, 0.25) is 0 Å². The third-order valence-electron chi connectivity index (χ3n) is 1.92. The largest absolute Gasteiger partial charge is 0.496 e. The zero-order valence-corrected chi connectivity index (χ0v) is 10.3. The van der Waals surface area contributed by atoms with Gasteiger partial charge in [-0.3, -0.25) is 4.79 Å². The molecule has 0 heterocycles. The molecule has 0 bridgehead atoms. The molecule has 0 N–H and O–H groups in total. The van der Waals surface area contributed by atoms with Crippen LogP contribution in [0.2, 0.25) is 0 Å². The number of hydrogen-bond donors (Lipinski definition) is 0. The molecular weight excluding hydrogens is 317 g/mol. The number of Topliss-reactive ketones (excluding diaryl/α,β-unsaturated/α-hetero) is 1. The molecule has 0 radical (unpaired) electrons. The van der Waals surface area contributed by atoms with Gasteiger partial charge in [-0.15, -0.1) is 0 Å². The highest BCUT2D eigenvalue weighted by atomic mass is 127. The number of ether oxygens (including phenoxy) is 1. The fraction of sp³-hybridized carbons (Fsp3) is 0.300. The van der Waals surface area contributed by atoms with E-state index in [1.54, 1.807) is 0 Å². The van der Waals surface area contributed by atoms with Gasteiger partial charge in [0.25, 0.3) is 6.43 Å². The average molecular weight is 326 g/mol. The summed E-state index contributed by atoms with van der Waals surface area (Å²) in [7, 11) is 1.31. The zero-order valence-electron chi connectivity index (χ0n) is 8.18. The number of carbonyl (C=O) groups is 1. The van der Waals surface area contributed by atoms with Crippen molar-refractivity contribution < 1.29 is 18.3 Å². The van der Waals surface area contributed by atoms with E-state index in [2.05, 4.69) is 0 Å². The van der Waals surface area contributed by atoms with Crippen LogP contribution >= 0.6 is 22.6 Å². The van der Waals surface area contributed by atoms with E-state index in [1.165, 1.54) is 26.2 Å². The lowest BCUT2D eigenvalue weighted by atomic mass is 10.0. The number of rotatable bonds is 3. The first-order valence-corrected chi connectivity index (χ1v) is 5.21. The highest BCUT2D eigenvalue weighted by Gasteiger charge is 2.21. The van der Waals surface area contributed by atoms with Crippen LogP contribution < -0.4 is 4.74 Å². The van der Waals surface area contributed by atoms with Crippen LogP contribution in [0.3, 0.4) is 0 Å². The van der Waals surface area contributed by atoms with E-state index in [-0.39, 0.29) is 22.7 Å². The summed E-state index contributed by atoms with van der Waals surface area (Å²) in [5.74, 6) is -0.329. The molecule has 0 aliphatic rings. The SMILES string of the molecule is COc1cc(I)cc(C(C)=O)c1C(F)F. The van der Waals surface area contributed by atoms with Crippen LogP contribution in [-0.4, -0.2) is 12.9 Å². The molecule has 0 saturated carbocycles. The van der Waals surface area contributed by atoms with E-state index in [1.807, 2.05) is 22.6 Å². The fourth-order valence-electron chi connectivity index (χ4n) is 1.28. The van der Waals surface area contributed by atoms with E-state index in [9.17, 15) is 13.6 Å². The molecule has 5 heteroatoms. The summed E-state index contributed by atoms with van der Waals surface area (Å²) in [5.41, 5.74) is -0.306. The molecule has 15 heavy (non-hydrogen) atoms. The molecule has 0 amide bonds. The molecule has 0 unspecified atom stereocenters. The lowest BCUT2D eigenvalue weighted by Crippen LogP contribution is -2.04. The van der Waals surface area contributed by atoms with Crippen molar-refractivity contribution in [1.29, 1.82) is 0 Å². The fourth-order valence-corrected chi connectivity index (χ4v) is 1.87. The number of hydrogen-bond acceptors (Lipinski definition) is 2. The van der Waals surface area contributed by atoms with Crippen LogP contribution in [0.5, 0.6) is 5.75 Å². The summed E-state index contributed by atoms with van der Waals surface area (Å²) < 4.78 is 31.0. The van der Waals surface area contributed by atoms with Crippen LogP contribution in [0.25, 0.3) is 0 Å². The molecule has 0 aliphatic carbocycles. The van der Waals surface area contributed by atoms with Gasteiger partial charge in [0.1, 0.15) is 5.75 Å². The third-order valence-corrected chi connectivity index (χ3v) is 2.55. The molecule has 2 nitrogen and oxygen atoms in total. The molecule has 1 aromatic rings. The molecule has 1 aromatic carbocycles. The Morgan fingerprint density at radius 1 is 1.47 bits per heavy atom. The molecule has 0 atom stereocenters. The Morgan fingerprint density at radius 2 is 2.07 bits per heavy atom. The lowest BCUT2D eigenvalue weighted by molar-refractivity contribution is 0.0996. The number of ketones is 1. The van der Waals surface area contributed by atoms with Crippen LogP contribution in [0, 0.1) is 3.57 Å². The summed E-state index contributed by atoms with van der Waals surface area (Å²) in [6.45, 7) is 1.26. The second kappa shape index (κ2) is 4.87. The molecule has 0 saturated heterocycles. The monoisotopic (exact) mass is 326 g/mol. The smallest absolute Gasteiger partial charge is 0.268 e. The van der Waals surface area contributed by atoms with E-state index >= 15 is 0 Å². The van der Waals surface area contributed by atoms with Crippen LogP contribution in [0.4, 0.5) is 8.78 Å². The van der Waals surface area contributed by atoms with Crippen LogP contribution in [0.15, 0.2) is 12.1 Å². The van der Waals surface area contributed by atoms with Gasteiger partial charge in [0, 0.05) is 9.13 Å². The van der Waals surface area contributed by atoms with E-state index < -0.39 is 6.43 Å². The number of alkyl halides is 2. The predicted molar refractivity (Wildman–Crippen MR) is 60.7 cm³/mol.